The number of amides is 2. The monoisotopic (exact) mass is 348 g/mol. The molecule has 1 aromatic rings. The molecule has 6 heteroatoms. The lowest BCUT2D eigenvalue weighted by molar-refractivity contribution is 0.0570. The predicted octanol–water partition coefficient (Wildman–Crippen LogP) is 3.03. The smallest absolute Gasteiger partial charge is 0.409 e. The summed E-state index contributed by atoms with van der Waals surface area (Å²) >= 11 is 0. The van der Waals surface area contributed by atoms with Crippen molar-refractivity contribution in [3.8, 4) is 5.75 Å². The van der Waals surface area contributed by atoms with E-state index in [0.717, 1.165) is 12.2 Å². The van der Waals surface area contributed by atoms with Crippen LogP contribution in [-0.4, -0.2) is 61.2 Å². The largest absolute Gasteiger partial charge is 0.494 e. The molecule has 0 N–H and O–H groups in total. The number of ether oxygens (including phenoxy) is 2. The molecule has 0 saturated carbocycles. The van der Waals surface area contributed by atoms with E-state index in [9.17, 15) is 9.59 Å². The molecule has 0 radical (unpaired) electrons. The lowest BCUT2D eigenvalue weighted by atomic mass is 10.1. The molecule has 1 fully saturated rings. The highest BCUT2D eigenvalue weighted by Gasteiger charge is 2.25. The number of carbonyl (C=O) groups is 2. The van der Waals surface area contributed by atoms with E-state index < -0.39 is 0 Å². The van der Waals surface area contributed by atoms with Gasteiger partial charge in [0.25, 0.3) is 5.91 Å². The van der Waals surface area contributed by atoms with Gasteiger partial charge in [-0.2, -0.15) is 0 Å². The van der Waals surface area contributed by atoms with Crippen molar-refractivity contribution in [2.75, 3.05) is 39.4 Å². The van der Waals surface area contributed by atoms with Crippen molar-refractivity contribution >= 4 is 12.0 Å². The first-order valence-corrected chi connectivity index (χ1v) is 8.95. The minimum absolute atomic E-state index is 0.0164. The van der Waals surface area contributed by atoms with Gasteiger partial charge >= 0.3 is 6.09 Å². The second kappa shape index (κ2) is 9.30. The van der Waals surface area contributed by atoms with Crippen LogP contribution in [0.2, 0.25) is 0 Å². The maximum atomic E-state index is 12.6. The molecular weight excluding hydrogens is 320 g/mol. The molecule has 0 aliphatic carbocycles. The van der Waals surface area contributed by atoms with Crippen molar-refractivity contribution in [3.05, 3.63) is 29.8 Å². The average Bonchev–Trinajstić information content (AvgIpc) is 2.62. The molecule has 1 aromatic carbocycles. The van der Waals surface area contributed by atoms with Gasteiger partial charge in [0, 0.05) is 31.7 Å². The molecule has 2 rings (SSSR count). The highest BCUT2D eigenvalue weighted by molar-refractivity contribution is 5.94. The average molecular weight is 348 g/mol. The van der Waals surface area contributed by atoms with Gasteiger partial charge in [-0.25, -0.2) is 4.79 Å². The van der Waals surface area contributed by atoms with Gasteiger partial charge < -0.3 is 19.3 Å². The quantitative estimate of drug-likeness (QED) is 0.793. The predicted molar refractivity (Wildman–Crippen MR) is 95.9 cm³/mol. The van der Waals surface area contributed by atoms with Gasteiger partial charge in [0.05, 0.1) is 13.2 Å². The summed E-state index contributed by atoms with van der Waals surface area (Å²) in [5, 5.41) is 0. The first-order chi connectivity index (χ1) is 12.0. The summed E-state index contributed by atoms with van der Waals surface area (Å²) in [7, 11) is 0. The Labute approximate surface area is 149 Å². The minimum atomic E-state index is -0.308. The Balaban J connectivity index is 1.84. The van der Waals surface area contributed by atoms with Gasteiger partial charge in [0.15, 0.2) is 0 Å². The van der Waals surface area contributed by atoms with E-state index >= 15 is 0 Å². The fraction of sp³-hybridized carbons (Fsp3) is 0.579. The third kappa shape index (κ3) is 5.66. The summed E-state index contributed by atoms with van der Waals surface area (Å²) in [6, 6.07) is 7.26. The molecule has 138 valence electrons. The van der Waals surface area contributed by atoms with Gasteiger partial charge in [-0.05, 0) is 43.5 Å². The van der Waals surface area contributed by atoms with Crippen molar-refractivity contribution in [3.63, 3.8) is 0 Å². The topological polar surface area (TPSA) is 59.1 Å². The van der Waals surface area contributed by atoms with Gasteiger partial charge in [-0.15, -0.1) is 0 Å². The standard InChI is InChI=1S/C19H28N2O4/c1-4-24-19(23)21-12-10-20(11-13-21)18(22)16-5-7-17(8-6-16)25-14-9-15(2)3/h5-8,15H,4,9-14H2,1-3H3. The van der Waals surface area contributed by atoms with Crippen molar-refractivity contribution in [2.24, 2.45) is 5.92 Å². The van der Waals surface area contributed by atoms with E-state index in [2.05, 4.69) is 13.8 Å². The third-order valence-corrected chi connectivity index (χ3v) is 4.16. The fourth-order valence-corrected chi connectivity index (χ4v) is 2.60. The molecule has 1 saturated heterocycles. The Bertz CT molecular complexity index is 563. The minimum Gasteiger partial charge on any atom is -0.494 e. The molecule has 0 unspecified atom stereocenters. The molecule has 0 aromatic heterocycles. The molecule has 0 bridgehead atoms. The van der Waals surface area contributed by atoms with Crippen molar-refractivity contribution in [1.29, 1.82) is 0 Å². The van der Waals surface area contributed by atoms with Crippen LogP contribution in [0.1, 0.15) is 37.6 Å². The maximum absolute atomic E-state index is 12.6. The van der Waals surface area contributed by atoms with Crippen LogP contribution >= 0.6 is 0 Å². The number of hydrogen-bond donors (Lipinski definition) is 0. The SMILES string of the molecule is CCOC(=O)N1CCN(C(=O)c2ccc(OCCC(C)C)cc2)CC1. The maximum Gasteiger partial charge on any atom is 0.409 e. The van der Waals surface area contributed by atoms with Crippen LogP contribution in [0.3, 0.4) is 0 Å². The summed E-state index contributed by atoms with van der Waals surface area (Å²) in [4.78, 5) is 27.7. The van der Waals surface area contributed by atoms with Crippen molar-refractivity contribution in [2.45, 2.75) is 27.2 Å². The molecular formula is C19H28N2O4. The summed E-state index contributed by atoms with van der Waals surface area (Å²) in [5.74, 6) is 1.37. The second-order valence-corrected chi connectivity index (χ2v) is 6.53. The number of carbonyl (C=O) groups excluding carboxylic acids is 2. The zero-order valence-electron chi connectivity index (χ0n) is 15.4. The van der Waals surface area contributed by atoms with Gasteiger partial charge in [-0.1, -0.05) is 13.8 Å². The molecule has 1 heterocycles. The molecule has 0 spiro atoms. The zero-order valence-corrected chi connectivity index (χ0v) is 15.4. The Morgan fingerprint density at radius 2 is 1.64 bits per heavy atom. The molecule has 1 aliphatic rings. The summed E-state index contributed by atoms with van der Waals surface area (Å²) in [6.07, 6.45) is 0.698. The lowest BCUT2D eigenvalue weighted by Gasteiger charge is -2.34. The lowest BCUT2D eigenvalue weighted by Crippen LogP contribution is -2.50. The van der Waals surface area contributed by atoms with Crippen LogP contribution in [0.25, 0.3) is 0 Å². The highest BCUT2D eigenvalue weighted by atomic mass is 16.6. The number of benzene rings is 1. The van der Waals surface area contributed by atoms with Crippen molar-refractivity contribution < 1.29 is 19.1 Å². The van der Waals surface area contributed by atoms with E-state index in [1.165, 1.54) is 0 Å². The summed E-state index contributed by atoms with van der Waals surface area (Å²) in [5.41, 5.74) is 0.640. The van der Waals surface area contributed by atoms with E-state index in [0.29, 0.717) is 50.9 Å². The van der Waals surface area contributed by atoms with Gasteiger partial charge in [0.2, 0.25) is 0 Å². The summed E-state index contributed by atoms with van der Waals surface area (Å²) < 4.78 is 10.7. The molecule has 6 nitrogen and oxygen atoms in total. The fourth-order valence-electron chi connectivity index (χ4n) is 2.60. The van der Waals surface area contributed by atoms with Crippen LogP contribution in [0, 0.1) is 5.92 Å². The molecule has 0 atom stereocenters. The van der Waals surface area contributed by atoms with Crippen LogP contribution in [0.15, 0.2) is 24.3 Å². The summed E-state index contributed by atoms with van der Waals surface area (Å²) in [6.45, 7) is 9.19. The van der Waals surface area contributed by atoms with Gasteiger partial charge in [-0.3, -0.25) is 4.79 Å². The van der Waals surface area contributed by atoms with Crippen LogP contribution < -0.4 is 4.74 Å². The first-order valence-electron chi connectivity index (χ1n) is 8.95. The Kier molecular flexibility index (Phi) is 7.10. The second-order valence-electron chi connectivity index (χ2n) is 6.53. The Hall–Kier alpha value is -2.24. The molecule has 25 heavy (non-hydrogen) atoms. The Morgan fingerprint density at radius 1 is 1.04 bits per heavy atom. The zero-order chi connectivity index (χ0) is 18.2. The first kappa shape index (κ1) is 19.1. The van der Waals surface area contributed by atoms with Crippen LogP contribution in [0.4, 0.5) is 4.79 Å². The van der Waals surface area contributed by atoms with Gasteiger partial charge in [0.1, 0.15) is 5.75 Å². The highest BCUT2D eigenvalue weighted by Crippen LogP contribution is 2.16. The van der Waals surface area contributed by atoms with E-state index in [1.54, 1.807) is 28.9 Å². The van der Waals surface area contributed by atoms with E-state index in [1.807, 2.05) is 12.1 Å². The van der Waals surface area contributed by atoms with Crippen LogP contribution in [-0.2, 0) is 4.74 Å². The number of rotatable bonds is 6. The normalized spacial score (nSPS) is 14.6. The number of hydrogen-bond acceptors (Lipinski definition) is 4. The number of piperazine rings is 1. The van der Waals surface area contributed by atoms with E-state index in [-0.39, 0.29) is 12.0 Å². The Morgan fingerprint density at radius 3 is 2.20 bits per heavy atom. The number of nitrogens with zero attached hydrogens (tertiary/aromatic N) is 2. The van der Waals surface area contributed by atoms with Crippen molar-refractivity contribution in [1.82, 2.24) is 9.80 Å². The molecule has 2 amide bonds. The van der Waals surface area contributed by atoms with E-state index in [4.69, 9.17) is 9.47 Å². The van der Waals surface area contributed by atoms with Crippen LogP contribution in [0.5, 0.6) is 5.75 Å². The molecule has 1 aliphatic heterocycles. The third-order valence-electron chi connectivity index (χ3n) is 4.16.